The minimum absolute atomic E-state index is 0.0580. The number of amides is 5. The van der Waals surface area contributed by atoms with Crippen LogP contribution in [0.2, 0.25) is 0 Å². The number of nitrogens with one attached hydrogen (secondary N) is 5. The zero-order valence-electron chi connectivity index (χ0n) is 31.9. The van der Waals surface area contributed by atoms with Gasteiger partial charge in [-0.1, -0.05) is 32.4 Å². The van der Waals surface area contributed by atoms with Crippen LogP contribution in [-0.2, 0) is 44.8 Å². The molecule has 0 fully saturated rings. The molecule has 0 saturated heterocycles. The van der Waals surface area contributed by atoms with E-state index < -0.39 is 109 Å². The molecule has 17 N–H and O–H groups in total. The van der Waals surface area contributed by atoms with Gasteiger partial charge in [-0.25, -0.2) is 4.79 Å². The standard InChI is InChI=1S/C35H56N10O12/c1-18(2)28(33(55)44-25(34(56)57)16-19-8-10-20(46)11-9-19)45-32(54)24(17-27(49)50)43-31(53)23(12-13-26(47)48)42-30(52)22(7-5-15-40-35(38)39)41-29(51)21(37)6-3-4-14-36/h8-11,18,21-25,28,46H,3-7,12-17,36-37H2,1-2H3,(H,41,51)(H,42,52)(H,43,53)(H,44,55)(H,45,54)(H,47,48)(H,49,50)(H,56,57)(H4,38,39,40)/t21-,22-,23-,24-,25-,28-/m0/s1. The van der Waals surface area contributed by atoms with Crippen LogP contribution < -0.4 is 49.5 Å². The number of aliphatic imine (C=N–C) groups is 1. The largest absolute Gasteiger partial charge is 0.508 e. The summed E-state index contributed by atoms with van der Waals surface area (Å²) in [6.45, 7) is 3.47. The molecular formula is C35H56N10O12. The summed E-state index contributed by atoms with van der Waals surface area (Å²) in [4.78, 5) is 106. The second-order valence-corrected chi connectivity index (χ2v) is 13.6. The maximum atomic E-state index is 13.6. The topological polar surface area (TPSA) is 394 Å². The maximum Gasteiger partial charge on any atom is 0.326 e. The fourth-order valence-corrected chi connectivity index (χ4v) is 5.27. The van der Waals surface area contributed by atoms with Crippen LogP contribution in [0.3, 0.4) is 0 Å². The predicted octanol–water partition coefficient (Wildman–Crippen LogP) is -3.05. The van der Waals surface area contributed by atoms with Crippen LogP contribution in [-0.4, -0.2) is 123 Å². The van der Waals surface area contributed by atoms with Crippen molar-refractivity contribution in [3.8, 4) is 5.75 Å². The fraction of sp³-hybridized carbons (Fsp3) is 0.571. The number of carbonyl (C=O) groups excluding carboxylic acids is 5. The highest BCUT2D eigenvalue weighted by atomic mass is 16.4. The molecule has 0 heterocycles. The van der Waals surface area contributed by atoms with E-state index in [9.17, 15) is 58.8 Å². The molecule has 0 aliphatic heterocycles. The van der Waals surface area contributed by atoms with E-state index in [4.69, 9.17) is 22.9 Å². The summed E-state index contributed by atoms with van der Waals surface area (Å²) < 4.78 is 0. The Hall–Kier alpha value is -6.03. The number of benzene rings is 1. The lowest BCUT2D eigenvalue weighted by atomic mass is 10.0. The first-order valence-corrected chi connectivity index (χ1v) is 18.2. The van der Waals surface area contributed by atoms with Gasteiger partial charge in [-0.2, -0.15) is 0 Å². The Morgan fingerprint density at radius 2 is 1.21 bits per heavy atom. The van der Waals surface area contributed by atoms with Crippen LogP contribution in [0.4, 0.5) is 0 Å². The van der Waals surface area contributed by atoms with Gasteiger partial charge in [0.05, 0.1) is 12.5 Å². The van der Waals surface area contributed by atoms with Gasteiger partial charge >= 0.3 is 17.9 Å². The molecule has 0 spiro atoms. The van der Waals surface area contributed by atoms with Gasteiger partial charge in [-0.3, -0.25) is 38.6 Å². The molecule has 22 heteroatoms. The van der Waals surface area contributed by atoms with E-state index >= 15 is 0 Å². The maximum absolute atomic E-state index is 13.6. The fourth-order valence-electron chi connectivity index (χ4n) is 5.27. The molecule has 1 rings (SSSR count). The molecule has 22 nitrogen and oxygen atoms in total. The minimum Gasteiger partial charge on any atom is -0.508 e. The molecule has 0 bridgehead atoms. The third-order valence-corrected chi connectivity index (χ3v) is 8.41. The van der Waals surface area contributed by atoms with Gasteiger partial charge in [-0.15, -0.1) is 0 Å². The number of nitrogens with zero attached hydrogens (tertiary/aromatic N) is 1. The zero-order valence-corrected chi connectivity index (χ0v) is 31.9. The van der Waals surface area contributed by atoms with Crippen molar-refractivity contribution < 1.29 is 58.8 Å². The van der Waals surface area contributed by atoms with E-state index in [1.54, 1.807) is 0 Å². The van der Waals surface area contributed by atoms with Crippen molar-refractivity contribution in [2.75, 3.05) is 13.1 Å². The molecule has 1 aromatic rings. The second kappa shape index (κ2) is 25.2. The number of hydrogen-bond donors (Lipinski definition) is 13. The lowest BCUT2D eigenvalue weighted by Crippen LogP contribution is -2.60. The SMILES string of the molecule is CC(C)[C@H](NC(=O)[C@H](CC(=O)O)NC(=O)[C@H](CCC(=O)O)NC(=O)[C@H](CCCN=C(N)N)NC(=O)[C@@H](N)CCCCN)C(=O)N[C@@H](Cc1ccc(O)cc1)C(=O)O. The molecule has 0 unspecified atom stereocenters. The average molecular weight is 809 g/mol. The first-order chi connectivity index (χ1) is 26.7. The van der Waals surface area contributed by atoms with Crippen molar-refractivity contribution in [1.29, 1.82) is 0 Å². The molecule has 0 aliphatic carbocycles. The summed E-state index contributed by atoms with van der Waals surface area (Å²) in [5.41, 5.74) is 22.7. The molecule has 5 amide bonds. The number of nitrogens with two attached hydrogens (primary N) is 4. The number of carboxylic acid groups (broad SMARTS) is 3. The van der Waals surface area contributed by atoms with Gasteiger partial charge < -0.3 is 69.9 Å². The van der Waals surface area contributed by atoms with E-state index in [0.29, 0.717) is 24.9 Å². The Morgan fingerprint density at radius 1 is 0.667 bits per heavy atom. The number of aromatic hydroxyl groups is 1. The van der Waals surface area contributed by atoms with Gasteiger partial charge in [0.1, 0.15) is 36.0 Å². The second-order valence-electron chi connectivity index (χ2n) is 13.6. The zero-order chi connectivity index (χ0) is 43.2. The molecule has 1 aromatic carbocycles. The van der Waals surface area contributed by atoms with E-state index in [1.165, 1.54) is 38.1 Å². The average Bonchev–Trinajstić information content (AvgIpc) is 3.12. The van der Waals surface area contributed by atoms with Crippen LogP contribution in [0, 0.1) is 5.92 Å². The lowest BCUT2D eigenvalue weighted by Gasteiger charge is -2.28. The first kappa shape index (κ1) is 49.0. The van der Waals surface area contributed by atoms with E-state index in [1.807, 2.05) is 0 Å². The molecule has 0 saturated carbocycles. The van der Waals surface area contributed by atoms with Crippen molar-refractivity contribution in [3.05, 3.63) is 29.8 Å². The molecule has 57 heavy (non-hydrogen) atoms. The number of carboxylic acids is 3. The Balaban J connectivity index is 3.28. The van der Waals surface area contributed by atoms with Gasteiger partial charge in [0, 0.05) is 19.4 Å². The van der Waals surface area contributed by atoms with Gasteiger partial charge in [0.15, 0.2) is 5.96 Å². The van der Waals surface area contributed by atoms with Crippen LogP contribution in [0.25, 0.3) is 0 Å². The summed E-state index contributed by atoms with van der Waals surface area (Å²) in [5, 5.41) is 50.0. The van der Waals surface area contributed by atoms with Gasteiger partial charge in [-0.05, 0) is 62.3 Å². The molecular weight excluding hydrogens is 752 g/mol. The third kappa shape index (κ3) is 19.4. The van der Waals surface area contributed by atoms with Crippen molar-refractivity contribution in [3.63, 3.8) is 0 Å². The van der Waals surface area contributed by atoms with E-state index in [2.05, 4.69) is 31.6 Å². The summed E-state index contributed by atoms with van der Waals surface area (Å²) in [7, 11) is 0. The van der Waals surface area contributed by atoms with Crippen molar-refractivity contribution in [1.82, 2.24) is 26.6 Å². The monoisotopic (exact) mass is 808 g/mol. The Morgan fingerprint density at radius 3 is 1.74 bits per heavy atom. The van der Waals surface area contributed by atoms with Crippen LogP contribution >= 0.6 is 0 Å². The predicted molar refractivity (Wildman–Crippen MR) is 204 cm³/mol. The van der Waals surface area contributed by atoms with Crippen molar-refractivity contribution in [2.45, 2.75) is 108 Å². The molecule has 0 aromatic heterocycles. The summed E-state index contributed by atoms with van der Waals surface area (Å²) in [6, 6.07) is -3.21. The molecule has 318 valence electrons. The third-order valence-electron chi connectivity index (χ3n) is 8.41. The quantitative estimate of drug-likeness (QED) is 0.0238. The van der Waals surface area contributed by atoms with Crippen LogP contribution in [0.1, 0.15) is 70.8 Å². The van der Waals surface area contributed by atoms with Gasteiger partial charge in [0.2, 0.25) is 29.5 Å². The summed E-state index contributed by atoms with van der Waals surface area (Å²) >= 11 is 0. The molecule has 0 aliphatic rings. The number of aliphatic carboxylic acids is 3. The normalized spacial score (nSPS) is 14.1. The van der Waals surface area contributed by atoms with Gasteiger partial charge in [0.25, 0.3) is 0 Å². The first-order valence-electron chi connectivity index (χ1n) is 18.2. The van der Waals surface area contributed by atoms with Crippen LogP contribution in [0.5, 0.6) is 5.75 Å². The van der Waals surface area contributed by atoms with E-state index in [0.717, 1.165) is 0 Å². The van der Waals surface area contributed by atoms with Crippen molar-refractivity contribution >= 4 is 53.4 Å². The number of unbranched alkanes of at least 4 members (excludes halogenated alkanes) is 1. The van der Waals surface area contributed by atoms with Crippen LogP contribution in [0.15, 0.2) is 29.3 Å². The van der Waals surface area contributed by atoms with Crippen molar-refractivity contribution in [2.24, 2.45) is 33.8 Å². The number of phenolic OH excluding ortho intramolecular Hbond substituents is 1. The number of rotatable bonds is 27. The molecule has 6 atom stereocenters. The number of hydrogen-bond acceptors (Lipinski definition) is 12. The lowest BCUT2D eigenvalue weighted by molar-refractivity contribution is -0.143. The Kier molecular flexibility index (Phi) is 21.7. The highest BCUT2D eigenvalue weighted by molar-refractivity contribution is 5.97. The number of phenols is 1. The summed E-state index contributed by atoms with van der Waals surface area (Å²) in [6.07, 6.45) is -0.913. The Labute approximate surface area is 328 Å². The number of guanidine groups is 1. The highest BCUT2D eigenvalue weighted by Gasteiger charge is 2.35. The summed E-state index contributed by atoms with van der Waals surface area (Å²) in [5.74, 6) is -10.2. The Bertz CT molecular complexity index is 1570. The smallest absolute Gasteiger partial charge is 0.326 e. The van der Waals surface area contributed by atoms with E-state index in [-0.39, 0.29) is 43.9 Å². The number of carbonyl (C=O) groups is 8. The molecule has 0 radical (unpaired) electrons. The minimum atomic E-state index is -1.87. The highest BCUT2D eigenvalue weighted by Crippen LogP contribution is 2.13.